The van der Waals surface area contributed by atoms with Gasteiger partial charge in [-0.15, -0.1) is 0 Å². The van der Waals surface area contributed by atoms with Crippen LogP contribution in [0.3, 0.4) is 0 Å². The second kappa shape index (κ2) is 7.70. The summed E-state index contributed by atoms with van der Waals surface area (Å²) in [6.45, 7) is 2.82. The SMILES string of the molecule is CCCCN(C)C(=O)c1ccnc(Nc2cccc3cccnc23)n1. The van der Waals surface area contributed by atoms with E-state index in [1.807, 2.05) is 30.3 Å². The molecule has 3 rings (SSSR count). The third kappa shape index (κ3) is 3.91. The van der Waals surface area contributed by atoms with Gasteiger partial charge < -0.3 is 10.2 Å². The number of fused-ring (bicyclic) bond motifs is 1. The molecule has 0 aliphatic rings. The van der Waals surface area contributed by atoms with Gasteiger partial charge in [0.2, 0.25) is 5.95 Å². The summed E-state index contributed by atoms with van der Waals surface area (Å²) in [4.78, 5) is 27.1. The van der Waals surface area contributed by atoms with E-state index in [4.69, 9.17) is 0 Å². The molecule has 0 aliphatic carbocycles. The van der Waals surface area contributed by atoms with Crippen molar-refractivity contribution in [2.45, 2.75) is 19.8 Å². The Labute approximate surface area is 146 Å². The fourth-order valence-electron chi connectivity index (χ4n) is 2.56. The number of nitrogens with one attached hydrogen (secondary N) is 1. The van der Waals surface area contributed by atoms with Gasteiger partial charge in [-0.05, 0) is 24.6 Å². The van der Waals surface area contributed by atoms with Crippen LogP contribution in [0.1, 0.15) is 30.3 Å². The molecule has 0 saturated carbocycles. The standard InChI is InChI=1S/C19H21N5O/c1-3-4-13-24(2)18(25)16-10-12-21-19(23-16)22-15-9-5-7-14-8-6-11-20-17(14)15/h5-12H,3-4,13H2,1-2H3,(H,21,22,23). The highest BCUT2D eigenvalue weighted by Crippen LogP contribution is 2.23. The molecule has 0 unspecified atom stereocenters. The van der Waals surface area contributed by atoms with Crippen molar-refractivity contribution in [2.75, 3.05) is 18.9 Å². The molecule has 0 radical (unpaired) electrons. The van der Waals surface area contributed by atoms with Gasteiger partial charge in [0.25, 0.3) is 5.91 Å². The zero-order valence-corrected chi connectivity index (χ0v) is 14.4. The summed E-state index contributed by atoms with van der Waals surface area (Å²) in [6, 6.07) is 11.4. The van der Waals surface area contributed by atoms with Gasteiger partial charge in [0.1, 0.15) is 5.69 Å². The molecule has 0 aliphatic heterocycles. The molecule has 6 nitrogen and oxygen atoms in total. The number of rotatable bonds is 6. The van der Waals surface area contributed by atoms with Crippen LogP contribution in [0.2, 0.25) is 0 Å². The fraction of sp³-hybridized carbons (Fsp3) is 0.263. The number of amides is 1. The molecule has 1 N–H and O–H groups in total. The summed E-state index contributed by atoms with van der Waals surface area (Å²) in [5.74, 6) is 0.280. The minimum atomic E-state index is -0.102. The highest BCUT2D eigenvalue weighted by molar-refractivity contribution is 5.93. The topological polar surface area (TPSA) is 71.0 Å². The molecule has 1 amide bonds. The Balaban J connectivity index is 1.83. The van der Waals surface area contributed by atoms with Crippen LogP contribution in [0.4, 0.5) is 11.6 Å². The van der Waals surface area contributed by atoms with E-state index in [-0.39, 0.29) is 5.91 Å². The second-order valence-corrected chi connectivity index (χ2v) is 5.85. The predicted molar refractivity (Wildman–Crippen MR) is 98.9 cm³/mol. The fourth-order valence-corrected chi connectivity index (χ4v) is 2.56. The van der Waals surface area contributed by atoms with Crippen molar-refractivity contribution < 1.29 is 4.79 Å². The first-order chi connectivity index (χ1) is 12.2. The van der Waals surface area contributed by atoms with Crippen LogP contribution in [0, 0.1) is 0 Å². The molecule has 2 heterocycles. The number of anilines is 2. The van der Waals surface area contributed by atoms with Crippen molar-refractivity contribution in [2.24, 2.45) is 0 Å². The minimum absolute atomic E-state index is 0.102. The Morgan fingerprint density at radius 3 is 2.80 bits per heavy atom. The molecule has 0 bridgehead atoms. The van der Waals surface area contributed by atoms with Crippen molar-refractivity contribution >= 4 is 28.4 Å². The van der Waals surface area contributed by atoms with E-state index in [0.29, 0.717) is 11.6 Å². The molecule has 0 saturated heterocycles. The van der Waals surface area contributed by atoms with Gasteiger partial charge in [-0.3, -0.25) is 9.78 Å². The van der Waals surface area contributed by atoms with Gasteiger partial charge in [0.15, 0.2) is 0 Å². The maximum absolute atomic E-state index is 12.5. The molecule has 1 aromatic carbocycles. The lowest BCUT2D eigenvalue weighted by Crippen LogP contribution is -2.28. The Morgan fingerprint density at radius 1 is 1.12 bits per heavy atom. The predicted octanol–water partition coefficient (Wildman–Crippen LogP) is 3.64. The van der Waals surface area contributed by atoms with Crippen molar-refractivity contribution in [3.63, 3.8) is 0 Å². The first kappa shape index (κ1) is 16.8. The third-order valence-electron chi connectivity index (χ3n) is 3.95. The van der Waals surface area contributed by atoms with Crippen LogP contribution in [-0.2, 0) is 0 Å². The lowest BCUT2D eigenvalue weighted by Gasteiger charge is -2.16. The number of hydrogen-bond acceptors (Lipinski definition) is 5. The maximum atomic E-state index is 12.5. The van der Waals surface area contributed by atoms with Crippen LogP contribution in [0.25, 0.3) is 10.9 Å². The smallest absolute Gasteiger partial charge is 0.272 e. The number of carbonyl (C=O) groups is 1. The van der Waals surface area contributed by atoms with Gasteiger partial charge in [0, 0.05) is 31.4 Å². The van der Waals surface area contributed by atoms with E-state index in [1.165, 1.54) is 0 Å². The van der Waals surface area contributed by atoms with Crippen molar-refractivity contribution in [1.82, 2.24) is 19.9 Å². The zero-order valence-electron chi connectivity index (χ0n) is 14.4. The second-order valence-electron chi connectivity index (χ2n) is 5.85. The zero-order chi connectivity index (χ0) is 17.6. The Hall–Kier alpha value is -3.02. The average Bonchev–Trinajstić information content (AvgIpc) is 2.66. The monoisotopic (exact) mass is 335 g/mol. The average molecular weight is 335 g/mol. The molecular formula is C19H21N5O. The van der Waals surface area contributed by atoms with Gasteiger partial charge >= 0.3 is 0 Å². The van der Waals surface area contributed by atoms with E-state index in [0.717, 1.165) is 36.0 Å². The molecule has 2 aromatic heterocycles. The molecule has 6 heteroatoms. The van der Waals surface area contributed by atoms with Gasteiger partial charge in [0.05, 0.1) is 11.2 Å². The van der Waals surface area contributed by atoms with E-state index < -0.39 is 0 Å². The molecule has 25 heavy (non-hydrogen) atoms. The highest BCUT2D eigenvalue weighted by Gasteiger charge is 2.14. The van der Waals surface area contributed by atoms with E-state index in [1.54, 1.807) is 30.4 Å². The molecule has 128 valence electrons. The Bertz CT molecular complexity index is 875. The van der Waals surface area contributed by atoms with Crippen LogP contribution in [0.5, 0.6) is 0 Å². The van der Waals surface area contributed by atoms with Crippen LogP contribution >= 0.6 is 0 Å². The molecule has 0 fully saturated rings. The number of para-hydroxylation sites is 1. The van der Waals surface area contributed by atoms with E-state index in [2.05, 4.69) is 27.2 Å². The minimum Gasteiger partial charge on any atom is -0.340 e. The number of pyridine rings is 1. The normalized spacial score (nSPS) is 10.6. The molecule has 3 aromatic rings. The first-order valence-corrected chi connectivity index (χ1v) is 8.38. The number of unbranched alkanes of at least 4 members (excludes halogenated alkanes) is 1. The highest BCUT2D eigenvalue weighted by atomic mass is 16.2. The van der Waals surface area contributed by atoms with Gasteiger partial charge in [-0.25, -0.2) is 9.97 Å². The van der Waals surface area contributed by atoms with Gasteiger partial charge in [-0.2, -0.15) is 0 Å². The number of aromatic nitrogens is 3. The lowest BCUT2D eigenvalue weighted by molar-refractivity contribution is 0.0787. The number of carbonyl (C=O) groups excluding carboxylic acids is 1. The number of hydrogen-bond donors (Lipinski definition) is 1. The number of nitrogens with zero attached hydrogens (tertiary/aromatic N) is 4. The van der Waals surface area contributed by atoms with Gasteiger partial charge in [-0.1, -0.05) is 31.5 Å². The Kier molecular flexibility index (Phi) is 5.18. The molecule has 0 atom stereocenters. The summed E-state index contributed by atoms with van der Waals surface area (Å²) in [6.07, 6.45) is 5.36. The lowest BCUT2D eigenvalue weighted by atomic mass is 10.2. The van der Waals surface area contributed by atoms with E-state index >= 15 is 0 Å². The molecule has 0 spiro atoms. The summed E-state index contributed by atoms with van der Waals surface area (Å²) >= 11 is 0. The summed E-state index contributed by atoms with van der Waals surface area (Å²) < 4.78 is 0. The van der Waals surface area contributed by atoms with Crippen molar-refractivity contribution in [3.05, 3.63) is 54.5 Å². The molecular weight excluding hydrogens is 314 g/mol. The maximum Gasteiger partial charge on any atom is 0.272 e. The van der Waals surface area contributed by atoms with Crippen molar-refractivity contribution in [1.29, 1.82) is 0 Å². The first-order valence-electron chi connectivity index (χ1n) is 8.38. The quantitative estimate of drug-likeness (QED) is 0.744. The summed E-state index contributed by atoms with van der Waals surface area (Å²) in [5, 5.41) is 4.20. The van der Waals surface area contributed by atoms with Crippen molar-refractivity contribution in [3.8, 4) is 0 Å². The summed E-state index contributed by atoms with van der Waals surface area (Å²) in [7, 11) is 1.79. The van der Waals surface area contributed by atoms with Crippen LogP contribution < -0.4 is 5.32 Å². The van der Waals surface area contributed by atoms with Crippen LogP contribution in [0.15, 0.2) is 48.8 Å². The third-order valence-corrected chi connectivity index (χ3v) is 3.95. The number of benzene rings is 1. The Morgan fingerprint density at radius 2 is 1.96 bits per heavy atom. The van der Waals surface area contributed by atoms with Crippen LogP contribution in [-0.4, -0.2) is 39.4 Å². The largest absolute Gasteiger partial charge is 0.340 e. The summed E-state index contributed by atoms with van der Waals surface area (Å²) in [5.41, 5.74) is 2.02. The van der Waals surface area contributed by atoms with E-state index in [9.17, 15) is 4.79 Å².